The minimum atomic E-state index is -2.87. The molecule has 12 heavy (non-hydrogen) atoms. The molecule has 0 aliphatic carbocycles. The lowest BCUT2D eigenvalue weighted by molar-refractivity contribution is 0.146. The number of hydrogen-bond donors (Lipinski definition) is 0. The van der Waals surface area contributed by atoms with Crippen molar-refractivity contribution in [3.05, 3.63) is 32.1 Å². The second-order valence-corrected chi connectivity index (χ2v) is 3.74. The molecule has 1 aromatic carbocycles. The molecule has 0 saturated carbocycles. The van der Waals surface area contributed by atoms with E-state index in [0.717, 1.165) is 6.07 Å². The van der Waals surface area contributed by atoms with Crippen LogP contribution in [-0.4, -0.2) is 0 Å². The number of alkyl halides is 2. The van der Waals surface area contributed by atoms with Gasteiger partial charge in [-0.2, -0.15) is 0 Å². The van der Waals surface area contributed by atoms with Gasteiger partial charge in [-0.3, -0.25) is 0 Å². The highest BCUT2D eigenvalue weighted by Crippen LogP contribution is 2.30. The molecule has 0 fully saturated rings. The van der Waals surface area contributed by atoms with Crippen LogP contribution < -0.4 is 0 Å². The average molecular weight is 306 g/mol. The fourth-order valence-corrected chi connectivity index (χ4v) is 1.82. The Labute approximate surface area is 85.9 Å². The van der Waals surface area contributed by atoms with Gasteiger partial charge in [0.1, 0.15) is 5.82 Å². The van der Waals surface area contributed by atoms with Gasteiger partial charge in [0.05, 0.1) is 10.6 Å². The number of halogens is 5. The largest absolute Gasteiger partial charge is 0.268 e. The van der Waals surface area contributed by atoms with Gasteiger partial charge in [0, 0.05) is 3.57 Å². The van der Waals surface area contributed by atoms with Gasteiger partial charge in [0.25, 0.3) is 6.43 Å². The summed E-state index contributed by atoms with van der Waals surface area (Å²) in [6.45, 7) is 0. The maximum atomic E-state index is 12.8. The Morgan fingerprint density at radius 2 is 1.92 bits per heavy atom. The van der Waals surface area contributed by atoms with Crippen molar-refractivity contribution in [1.82, 2.24) is 0 Å². The van der Waals surface area contributed by atoms with Crippen LogP contribution in [0.5, 0.6) is 0 Å². The van der Waals surface area contributed by atoms with Gasteiger partial charge in [-0.25, -0.2) is 13.2 Å². The van der Waals surface area contributed by atoms with Crippen LogP contribution in [0.15, 0.2) is 12.1 Å². The maximum absolute atomic E-state index is 12.8. The van der Waals surface area contributed by atoms with Gasteiger partial charge >= 0.3 is 0 Å². The van der Waals surface area contributed by atoms with Crippen molar-refractivity contribution in [2.75, 3.05) is 0 Å². The lowest BCUT2D eigenvalue weighted by atomic mass is 10.2. The monoisotopic (exact) mass is 306 g/mol. The molecule has 0 saturated heterocycles. The molecule has 0 heterocycles. The molecule has 5 heteroatoms. The molecule has 0 amide bonds. The molecule has 66 valence electrons. The smallest absolute Gasteiger partial charge is 0.206 e. The summed E-state index contributed by atoms with van der Waals surface area (Å²) in [6.07, 6.45) is -2.87. The van der Waals surface area contributed by atoms with Gasteiger partial charge in [0.2, 0.25) is 0 Å². The van der Waals surface area contributed by atoms with E-state index in [-0.39, 0.29) is 5.02 Å². The van der Waals surface area contributed by atoms with Gasteiger partial charge in [-0.05, 0) is 34.7 Å². The fraction of sp³-hybridized carbons (Fsp3) is 0.143. The minimum Gasteiger partial charge on any atom is -0.206 e. The quantitative estimate of drug-likeness (QED) is 0.687. The first-order chi connectivity index (χ1) is 5.52. The third kappa shape index (κ3) is 2.04. The maximum Gasteiger partial charge on any atom is 0.268 e. The lowest BCUT2D eigenvalue weighted by Crippen LogP contribution is -1.92. The van der Waals surface area contributed by atoms with E-state index in [0.29, 0.717) is 3.57 Å². The SMILES string of the molecule is Fc1cc(I)cc(Cl)c1C(F)F. The van der Waals surface area contributed by atoms with E-state index in [2.05, 4.69) is 0 Å². The van der Waals surface area contributed by atoms with Crippen molar-refractivity contribution in [2.24, 2.45) is 0 Å². The summed E-state index contributed by atoms with van der Waals surface area (Å²) in [6, 6.07) is 2.32. The van der Waals surface area contributed by atoms with Crippen molar-refractivity contribution in [2.45, 2.75) is 6.43 Å². The molecule has 0 spiro atoms. The van der Waals surface area contributed by atoms with Crippen LogP contribution in [0.25, 0.3) is 0 Å². The fourth-order valence-electron chi connectivity index (χ4n) is 0.762. The van der Waals surface area contributed by atoms with Crippen molar-refractivity contribution in [3.63, 3.8) is 0 Å². The summed E-state index contributed by atoms with van der Waals surface area (Å²) in [4.78, 5) is 0. The van der Waals surface area contributed by atoms with Crippen LogP contribution in [0.3, 0.4) is 0 Å². The van der Waals surface area contributed by atoms with E-state index in [4.69, 9.17) is 11.6 Å². The number of rotatable bonds is 1. The zero-order valence-electron chi connectivity index (χ0n) is 5.62. The molecule has 1 rings (SSSR count). The Morgan fingerprint density at radius 1 is 1.33 bits per heavy atom. The predicted octanol–water partition coefficient (Wildman–Crippen LogP) is 4.02. The molecule has 1 aromatic rings. The molecule has 0 N–H and O–H groups in total. The zero-order chi connectivity index (χ0) is 9.30. The molecule has 0 aromatic heterocycles. The van der Waals surface area contributed by atoms with E-state index < -0.39 is 17.8 Å². The van der Waals surface area contributed by atoms with Crippen molar-refractivity contribution in [1.29, 1.82) is 0 Å². The Hall–Kier alpha value is 0.0300. The first-order valence-electron chi connectivity index (χ1n) is 2.95. The molecule has 0 nitrogen and oxygen atoms in total. The number of benzene rings is 1. The van der Waals surface area contributed by atoms with Gasteiger partial charge < -0.3 is 0 Å². The Morgan fingerprint density at radius 3 is 2.33 bits per heavy atom. The molecule has 0 bridgehead atoms. The summed E-state index contributed by atoms with van der Waals surface area (Å²) in [5.41, 5.74) is -0.725. The van der Waals surface area contributed by atoms with Crippen molar-refractivity contribution >= 4 is 34.2 Å². The number of hydrogen-bond acceptors (Lipinski definition) is 0. The molecule has 0 aliphatic rings. The molecule has 0 radical (unpaired) electrons. The topological polar surface area (TPSA) is 0 Å². The van der Waals surface area contributed by atoms with Gasteiger partial charge in [-0.15, -0.1) is 0 Å². The minimum absolute atomic E-state index is 0.227. The summed E-state index contributed by atoms with van der Waals surface area (Å²) >= 11 is 7.21. The lowest BCUT2D eigenvalue weighted by Gasteiger charge is -2.04. The van der Waals surface area contributed by atoms with Crippen LogP contribution in [0.2, 0.25) is 5.02 Å². The molecule has 0 unspecified atom stereocenters. The van der Waals surface area contributed by atoms with Crippen molar-refractivity contribution in [3.8, 4) is 0 Å². The van der Waals surface area contributed by atoms with E-state index in [1.165, 1.54) is 6.07 Å². The Balaban J connectivity index is 3.28. The first kappa shape index (κ1) is 10.1. The highest BCUT2D eigenvalue weighted by Gasteiger charge is 2.17. The third-order valence-corrected chi connectivity index (χ3v) is 2.20. The van der Waals surface area contributed by atoms with Gasteiger partial charge in [-0.1, -0.05) is 11.6 Å². The van der Waals surface area contributed by atoms with Crippen LogP contribution in [-0.2, 0) is 0 Å². The van der Waals surface area contributed by atoms with E-state index in [1.54, 1.807) is 22.6 Å². The third-order valence-electron chi connectivity index (χ3n) is 1.26. The summed E-state index contributed by atoms with van der Waals surface area (Å²) in [7, 11) is 0. The Kier molecular flexibility index (Phi) is 3.22. The highest BCUT2D eigenvalue weighted by atomic mass is 127. The Bertz CT molecular complexity index is 278. The second kappa shape index (κ2) is 3.83. The summed E-state index contributed by atoms with van der Waals surface area (Å²) in [5.74, 6) is -0.957. The average Bonchev–Trinajstić information content (AvgIpc) is 1.82. The second-order valence-electron chi connectivity index (χ2n) is 2.08. The molecular weight excluding hydrogens is 303 g/mol. The van der Waals surface area contributed by atoms with E-state index in [1.807, 2.05) is 0 Å². The summed E-state index contributed by atoms with van der Waals surface area (Å²) < 4.78 is 37.5. The summed E-state index contributed by atoms with van der Waals surface area (Å²) in [5, 5.41) is -0.227. The van der Waals surface area contributed by atoms with Crippen LogP contribution in [0.4, 0.5) is 13.2 Å². The van der Waals surface area contributed by atoms with Crippen molar-refractivity contribution < 1.29 is 13.2 Å². The van der Waals surface area contributed by atoms with Crippen LogP contribution in [0, 0.1) is 9.39 Å². The van der Waals surface area contributed by atoms with Crippen LogP contribution >= 0.6 is 34.2 Å². The van der Waals surface area contributed by atoms with Gasteiger partial charge in [0.15, 0.2) is 0 Å². The predicted molar refractivity (Wildman–Crippen MR) is 49.1 cm³/mol. The zero-order valence-corrected chi connectivity index (χ0v) is 8.54. The molecule has 0 atom stereocenters. The highest BCUT2D eigenvalue weighted by molar-refractivity contribution is 14.1. The van der Waals surface area contributed by atoms with E-state index >= 15 is 0 Å². The molecule has 0 aliphatic heterocycles. The first-order valence-corrected chi connectivity index (χ1v) is 4.40. The standard InChI is InChI=1S/C7H3ClF3I/c8-4-1-3(12)2-5(9)6(4)7(10)11/h1-2,7H. The van der Waals surface area contributed by atoms with Crippen LogP contribution in [0.1, 0.15) is 12.0 Å². The van der Waals surface area contributed by atoms with E-state index in [9.17, 15) is 13.2 Å². The normalized spacial score (nSPS) is 10.8. The molecular formula is C7H3ClF3I.